The van der Waals surface area contributed by atoms with Crippen LogP contribution in [0.3, 0.4) is 0 Å². The molecule has 0 amide bonds. The summed E-state index contributed by atoms with van der Waals surface area (Å²) in [5.41, 5.74) is 14.1. The fraction of sp³-hybridized carbons (Fsp3) is 0. The lowest BCUT2D eigenvalue weighted by Gasteiger charge is -2.10. The zero-order chi connectivity index (χ0) is 34.4. The molecule has 0 aliphatic heterocycles. The number of nitrogens with zero attached hydrogens (tertiary/aromatic N) is 5. The Morgan fingerprint density at radius 3 is 1.65 bits per heavy atom. The lowest BCUT2D eigenvalue weighted by molar-refractivity contribution is 1.33. The van der Waals surface area contributed by atoms with Gasteiger partial charge in [0.05, 0.1) is 39.1 Å². The van der Waals surface area contributed by atoms with Gasteiger partial charge < -0.3 is 0 Å². The van der Waals surface area contributed by atoms with Gasteiger partial charge in [-0.25, -0.2) is 15.0 Å². The molecule has 0 unspecified atom stereocenters. The number of pyridine rings is 5. The van der Waals surface area contributed by atoms with Crippen LogP contribution in [0.25, 0.3) is 99.6 Å². The van der Waals surface area contributed by atoms with E-state index in [-0.39, 0.29) is 0 Å². The molecule has 5 heterocycles. The van der Waals surface area contributed by atoms with Gasteiger partial charge in [0.2, 0.25) is 0 Å². The summed E-state index contributed by atoms with van der Waals surface area (Å²) in [6, 6.07) is 54.9. The van der Waals surface area contributed by atoms with E-state index in [2.05, 4.69) is 156 Å². The van der Waals surface area contributed by atoms with Gasteiger partial charge in [-0.2, -0.15) is 0 Å². The maximum absolute atomic E-state index is 5.10. The summed E-state index contributed by atoms with van der Waals surface area (Å²) >= 11 is 0. The van der Waals surface area contributed by atoms with Gasteiger partial charge in [0.15, 0.2) is 0 Å². The molecule has 242 valence electrons. The highest BCUT2D eigenvalue weighted by atomic mass is 14.8. The average molecular weight is 664 g/mol. The molecule has 52 heavy (non-hydrogen) atoms. The molecule has 0 radical (unpaired) electrons. The predicted octanol–water partition coefficient (Wildman–Crippen LogP) is 11.6. The van der Waals surface area contributed by atoms with Crippen LogP contribution in [0.5, 0.6) is 0 Å². The molecule has 0 bridgehead atoms. The quantitative estimate of drug-likeness (QED) is 0.171. The SMILES string of the molecule is c1cncc(-c2cccc(-c3ccc4ccc(-c5ccc6nc(-c7cccc(-c8ccc9ccc%10cccnc%10c9n8)c7)ccc6c5)cc4n3)c2)c1. The Kier molecular flexibility index (Phi) is 7.07. The topological polar surface area (TPSA) is 64.5 Å². The van der Waals surface area contributed by atoms with Gasteiger partial charge in [-0.3, -0.25) is 9.97 Å². The first-order chi connectivity index (χ1) is 25.7. The number of benzene rings is 5. The first kappa shape index (κ1) is 29.8. The molecule has 5 nitrogen and oxygen atoms in total. The third-order valence-corrected chi connectivity index (χ3v) is 9.75. The van der Waals surface area contributed by atoms with Crippen LogP contribution in [0.15, 0.2) is 176 Å². The number of rotatable bonds is 5. The highest BCUT2D eigenvalue weighted by molar-refractivity contribution is 6.03. The third kappa shape index (κ3) is 5.42. The molecule has 0 saturated carbocycles. The minimum Gasteiger partial charge on any atom is -0.264 e. The van der Waals surface area contributed by atoms with Crippen molar-refractivity contribution in [3.8, 4) is 56.0 Å². The van der Waals surface area contributed by atoms with Crippen LogP contribution in [0.1, 0.15) is 0 Å². The summed E-state index contributed by atoms with van der Waals surface area (Å²) in [4.78, 5) is 24.2. The van der Waals surface area contributed by atoms with Gasteiger partial charge in [0.25, 0.3) is 0 Å². The Morgan fingerprint density at radius 2 is 0.865 bits per heavy atom. The molecule has 0 N–H and O–H groups in total. The number of hydrogen-bond acceptors (Lipinski definition) is 5. The molecule has 0 atom stereocenters. The molecule has 5 aromatic heterocycles. The summed E-state index contributed by atoms with van der Waals surface area (Å²) in [7, 11) is 0. The number of hydrogen-bond donors (Lipinski definition) is 0. The van der Waals surface area contributed by atoms with E-state index in [4.69, 9.17) is 15.0 Å². The first-order valence-corrected chi connectivity index (χ1v) is 17.3. The Labute approximate surface area is 300 Å². The van der Waals surface area contributed by atoms with E-state index in [0.29, 0.717) is 0 Å². The molecule has 5 aromatic carbocycles. The Hall–Kier alpha value is -7.11. The molecule has 0 aliphatic rings. The average Bonchev–Trinajstić information content (AvgIpc) is 3.23. The van der Waals surface area contributed by atoms with Crippen molar-refractivity contribution < 1.29 is 0 Å². The zero-order valence-corrected chi connectivity index (χ0v) is 28.0. The van der Waals surface area contributed by atoms with E-state index in [1.165, 1.54) is 0 Å². The lowest BCUT2D eigenvalue weighted by Crippen LogP contribution is -1.90. The minimum atomic E-state index is 0.910. The van der Waals surface area contributed by atoms with Crippen molar-refractivity contribution in [2.75, 3.05) is 0 Å². The van der Waals surface area contributed by atoms with Crippen molar-refractivity contribution in [2.45, 2.75) is 0 Å². The summed E-state index contributed by atoms with van der Waals surface area (Å²) < 4.78 is 0. The van der Waals surface area contributed by atoms with E-state index in [1.807, 2.05) is 24.5 Å². The Bertz CT molecular complexity index is 2970. The number of aromatic nitrogens is 5. The van der Waals surface area contributed by atoms with Crippen molar-refractivity contribution in [3.05, 3.63) is 176 Å². The minimum absolute atomic E-state index is 0.910. The van der Waals surface area contributed by atoms with Gasteiger partial charge in [0.1, 0.15) is 0 Å². The van der Waals surface area contributed by atoms with Crippen LogP contribution in [0.2, 0.25) is 0 Å². The molecular weight excluding hydrogens is 635 g/mol. The van der Waals surface area contributed by atoms with Gasteiger partial charge in [0, 0.05) is 62.4 Å². The van der Waals surface area contributed by atoms with E-state index in [0.717, 1.165) is 99.6 Å². The molecular formula is C47H29N5. The van der Waals surface area contributed by atoms with Crippen molar-refractivity contribution in [3.63, 3.8) is 0 Å². The molecule has 5 heteroatoms. The molecule has 0 aliphatic carbocycles. The largest absolute Gasteiger partial charge is 0.264 e. The summed E-state index contributed by atoms with van der Waals surface area (Å²) in [6.07, 6.45) is 5.51. The molecule has 0 spiro atoms. The second-order valence-corrected chi connectivity index (χ2v) is 13.0. The van der Waals surface area contributed by atoms with Gasteiger partial charge in [-0.1, -0.05) is 97.1 Å². The third-order valence-electron chi connectivity index (χ3n) is 9.75. The van der Waals surface area contributed by atoms with E-state index in [1.54, 1.807) is 6.20 Å². The van der Waals surface area contributed by atoms with Crippen LogP contribution in [-0.2, 0) is 0 Å². The molecule has 10 aromatic rings. The second kappa shape index (κ2) is 12.3. The molecule has 10 rings (SSSR count). The fourth-order valence-electron chi connectivity index (χ4n) is 7.04. The van der Waals surface area contributed by atoms with Crippen molar-refractivity contribution >= 4 is 43.6 Å². The van der Waals surface area contributed by atoms with E-state index >= 15 is 0 Å². The normalized spacial score (nSPS) is 11.5. The predicted molar refractivity (Wildman–Crippen MR) is 213 cm³/mol. The first-order valence-electron chi connectivity index (χ1n) is 17.3. The van der Waals surface area contributed by atoms with E-state index in [9.17, 15) is 0 Å². The van der Waals surface area contributed by atoms with Gasteiger partial charge >= 0.3 is 0 Å². The van der Waals surface area contributed by atoms with Crippen LogP contribution in [0.4, 0.5) is 0 Å². The molecule has 0 saturated heterocycles. The Balaban J connectivity index is 0.953. The fourth-order valence-corrected chi connectivity index (χ4v) is 7.04. The monoisotopic (exact) mass is 663 g/mol. The highest BCUT2D eigenvalue weighted by Gasteiger charge is 2.11. The summed E-state index contributed by atoms with van der Waals surface area (Å²) in [5, 5.41) is 4.35. The highest BCUT2D eigenvalue weighted by Crippen LogP contribution is 2.32. The van der Waals surface area contributed by atoms with Crippen LogP contribution in [-0.4, -0.2) is 24.9 Å². The van der Waals surface area contributed by atoms with Crippen molar-refractivity contribution in [1.82, 2.24) is 24.9 Å². The van der Waals surface area contributed by atoms with Gasteiger partial charge in [-0.15, -0.1) is 0 Å². The zero-order valence-electron chi connectivity index (χ0n) is 28.0. The van der Waals surface area contributed by atoms with Crippen molar-refractivity contribution in [1.29, 1.82) is 0 Å². The lowest BCUT2D eigenvalue weighted by atomic mass is 9.99. The maximum atomic E-state index is 5.10. The smallest absolute Gasteiger partial charge is 0.0972 e. The van der Waals surface area contributed by atoms with Crippen LogP contribution in [0, 0.1) is 0 Å². The standard InChI is InChI=1S/C47H29N5/c1-5-33(40-10-3-23-48-29-40)25-36(6-1)42-19-15-30-11-14-35(28-45(30)51-42)34-17-21-43-39(26-34)18-22-41(50-43)37-7-2-8-38(27-37)44-20-16-32-13-12-31-9-4-24-49-46(31)47(32)52-44/h1-29H. The second-order valence-electron chi connectivity index (χ2n) is 13.0. The Morgan fingerprint density at radius 1 is 0.308 bits per heavy atom. The summed E-state index contributed by atoms with van der Waals surface area (Å²) in [5.74, 6) is 0. The molecule has 0 fully saturated rings. The van der Waals surface area contributed by atoms with Crippen LogP contribution < -0.4 is 0 Å². The van der Waals surface area contributed by atoms with Crippen molar-refractivity contribution in [2.24, 2.45) is 0 Å². The summed E-state index contributed by atoms with van der Waals surface area (Å²) in [6.45, 7) is 0. The maximum Gasteiger partial charge on any atom is 0.0972 e. The van der Waals surface area contributed by atoms with Crippen LogP contribution >= 0.6 is 0 Å². The van der Waals surface area contributed by atoms with Gasteiger partial charge in [-0.05, 0) is 77.4 Å². The van der Waals surface area contributed by atoms with E-state index < -0.39 is 0 Å². The number of fused-ring (bicyclic) bond motifs is 5.